The van der Waals surface area contributed by atoms with Crippen LogP contribution in [0.4, 0.5) is 0 Å². The molecule has 0 aliphatic carbocycles. The lowest BCUT2D eigenvalue weighted by Crippen LogP contribution is -1.93. The smallest absolute Gasteiger partial charge is 0.207 e. The molecule has 1 aromatic carbocycles. The van der Waals surface area contributed by atoms with Gasteiger partial charge in [-0.05, 0) is 24.4 Å². The zero-order chi connectivity index (χ0) is 10.8. The highest BCUT2D eigenvalue weighted by molar-refractivity contribution is 7.73. The Morgan fingerprint density at radius 2 is 2.27 bits per heavy atom. The second kappa shape index (κ2) is 4.04. The van der Waals surface area contributed by atoms with E-state index in [1.165, 1.54) is 11.3 Å². The first-order chi connectivity index (χ1) is 7.22. The molecule has 1 N–H and O–H groups in total. The van der Waals surface area contributed by atoms with Gasteiger partial charge in [-0.2, -0.15) is 0 Å². The summed E-state index contributed by atoms with van der Waals surface area (Å²) in [6.45, 7) is 0. The Bertz CT molecular complexity index is 530. The lowest BCUT2D eigenvalue weighted by atomic mass is 10.3. The first-order valence-electron chi connectivity index (χ1n) is 4.26. The van der Waals surface area contributed by atoms with Crippen molar-refractivity contribution in [1.29, 1.82) is 0 Å². The van der Waals surface area contributed by atoms with Crippen molar-refractivity contribution in [2.75, 3.05) is 7.11 Å². The van der Waals surface area contributed by atoms with Crippen LogP contribution >= 0.6 is 23.6 Å². The maximum absolute atomic E-state index is 9.61. The van der Waals surface area contributed by atoms with Gasteiger partial charge in [0.1, 0.15) is 5.75 Å². The second-order valence-corrected chi connectivity index (χ2v) is 4.40. The molecule has 2 rings (SSSR count). The van der Waals surface area contributed by atoms with Crippen molar-refractivity contribution in [2.45, 2.75) is 0 Å². The van der Waals surface area contributed by atoms with Crippen LogP contribution in [0.2, 0.25) is 0 Å². The summed E-state index contributed by atoms with van der Waals surface area (Å²) >= 11 is 6.44. The van der Waals surface area contributed by atoms with Gasteiger partial charge in [0.2, 0.25) is 5.88 Å². The van der Waals surface area contributed by atoms with E-state index in [4.69, 9.17) is 17.0 Å². The Kier molecular flexibility index (Phi) is 2.75. The molecule has 0 spiro atoms. The van der Waals surface area contributed by atoms with Gasteiger partial charge in [-0.25, -0.2) is 0 Å². The van der Waals surface area contributed by atoms with E-state index in [0.29, 0.717) is 3.95 Å². The molecule has 0 bridgehead atoms. The standard InChI is InChI=1S/C10H9NO2S2/c1-13-8-4-2-3-7(5-8)11-9(12)6-15-10(11)14/h2-6,12H,1H3. The molecule has 0 radical (unpaired) electrons. The number of aromatic hydroxyl groups is 1. The fourth-order valence-corrected chi connectivity index (χ4v) is 2.25. The van der Waals surface area contributed by atoms with E-state index in [9.17, 15) is 5.11 Å². The van der Waals surface area contributed by atoms with Crippen LogP contribution < -0.4 is 4.74 Å². The summed E-state index contributed by atoms with van der Waals surface area (Å²) < 4.78 is 7.32. The molecule has 0 saturated carbocycles. The Labute approximate surface area is 96.2 Å². The van der Waals surface area contributed by atoms with Crippen molar-refractivity contribution in [3.63, 3.8) is 0 Å². The number of nitrogens with zero attached hydrogens (tertiary/aromatic N) is 1. The minimum atomic E-state index is 0.151. The molecule has 0 amide bonds. The molecular weight excluding hydrogens is 230 g/mol. The van der Waals surface area contributed by atoms with Gasteiger partial charge in [-0.3, -0.25) is 4.57 Å². The summed E-state index contributed by atoms with van der Waals surface area (Å²) in [6.07, 6.45) is 0. The SMILES string of the molecule is COc1cccc(-n2c(O)csc2=S)c1. The highest BCUT2D eigenvalue weighted by Gasteiger charge is 2.05. The molecule has 78 valence electrons. The molecule has 5 heteroatoms. The van der Waals surface area contributed by atoms with Gasteiger partial charge in [0, 0.05) is 6.07 Å². The Morgan fingerprint density at radius 1 is 1.47 bits per heavy atom. The molecule has 0 aliphatic heterocycles. The predicted octanol–water partition coefficient (Wildman–Crippen LogP) is 2.98. The van der Waals surface area contributed by atoms with E-state index in [0.717, 1.165) is 11.4 Å². The molecule has 1 aromatic heterocycles. The number of rotatable bonds is 2. The third-order valence-corrected chi connectivity index (χ3v) is 3.17. The summed E-state index contributed by atoms with van der Waals surface area (Å²) in [4.78, 5) is 0. The Morgan fingerprint density at radius 3 is 2.87 bits per heavy atom. The fourth-order valence-electron chi connectivity index (χ4n) is 1.29. The fraction of sp³-hybridized carbons (Fsp3) is 0.100. The molecule has 2 aromatic rings. The minimum absolute atomic E-state index is 0.151. The van der Waals surface area contributed by atoms with E-state index in [1.807, 2.05) is 24.3 Å². The van der Waals surface area contributed by atoms with Crippen molar-refractivity contribution in [3.8, 4) is 17.3 Å². The zero-order valence-corrected chi connectivity index (χ0v) is 9.64. The quantitative estimate of drug-likeness (QED) is 0.818. The number of hydrogen-bond donors (Lipinski definition) is 1. The van der Waals surface area contributed by atoms with Gasteiger partial charge in [0.25, 0.3) is 0 Å². The van der Waals surface area contributed by atoms with E-state index >= 15 is 0 Å². The second-order valence-electron chi connectivity index (χ2n) is 2.90. The first kappa shape index (κ1) is 10.2. The molecule has 0 fully saturated rings. The topological polar surface area (TPSA) is 34.4 Å². The molecule has 0 aliphatic rings. The molecule has 0 atom stereocenters. The van der Waals surface area contributed by atoms with Gasteiger partial charge in [0.05, 0.1) is 18.2 Å². The highest BCUT2D eigenvalue weighted by Crippen LogP contribution is 2.25. The lowest BCUT2D eigenvalue weighted by molar-refractivity contribution is 0.413. The molecule has 15 heavy (non-hydrogen) atoms. The van der Waals surface area contributed by atoms with Crippen LogP contribution in [0, 0.1) is 3.95 Å². The molecule has 0 saturated heterocycles. The van der Waals surface area contributed by atoms with Crippen LogP contribution in [0.1, 0.15) is 0 Å². The summed E-state index contributed by atoms with van der Waals surface area (Å²) in [5.41, 5.74) is 0.804. The van der Waals surface area contributed by atoms with Crippen LogP contribution in [0.5, 0.6) is 11.6 Å². The van der Waals surface area contributed by atoms with Gasteiger partial charge >= 0.3 is 0 Å². The number of ether oxygens (including phenoxy) is 1. The van der Waals surface area contributed by atoms with Crippen molar-refractivity contribution < 1.29 is 9.84 Å². The number of benzene rings is 1. The number of thiazole rings is 1. The van der Waals surface area contributed by atoms with Gasteiger partial charge in [-0.1, -0.05) is 6.07 Å². The predicted molar refractivity (Wildman–Crippen MR) is 62.7 cm³/mol. The lowest BCUT2D eigenvalue weighted by Gasteiger charge is -2.06. The van der Waals surface area contributed by atoms with Crippen LogP contribution in [0.15, 0.2) is 29.6 Å². The number of aromatic nitrogens is 1. The number of hydrogen-bond acceptors (Lipinski definition) is 4. The van der Waals surface area contributed by atoms with E-state index < -0.39 is 0 Å². The Balaban J connectivity index is 2.59. The molecule has 1 heterocycles. The first-order valence-corrected chi connectivity index (χ1v) is 5.55. The van der Waals surface area contributed by atoms with Crippen molar-refractivity contribution in [1.82, 2.24) is 4.57 Å². The van der Waals surface area contributed by atoms with Gasteiger partial charge in [-0.15, -0.1) is 11.3 Å². The van der Waals surface area contributed by atoms with Gasteiger partial charge < -0.3 is 9.84 Å². The van der Waals surface area contributed by atoms with Crippen LogP contribution in [0.25, 0.3) is 5.69 Å². The summed E-state index contributed by atoms with van der Waals surface area (Å²) in [5, 5.41) is 11.2. The molecule has 0 unspecified atom stereocenters. The minimum Gasteiger partial charge on any atom is -0.497 e. The molecular formula is C10H9NO2S2. The highest BCUT2D eigenvalue weighted by atomic mass is 32.1. The van der Waals surface area contributed by atoms with Crippen molar-refractivity contribution >= 4 is 23.6 Å². The van der Waals surface area contributed by atoms with Crippen LogP contribution in [-0.2, 0) is 0 Å². The van der Waals surface area contributed by atoms with E-state index in [1.54, 1.807) is 17.1 Å². The third-order valence-electron chi connectivity index (χ3n) is 1.99. The zero-order valence-electron chi connectivity index (χ0n) is 8.01. The average molecular weight is 239 g/mol. The largest absolute Gasteiger partial charge is 0.497 e. The van der Waals surface area contributed by atoms with E-state index in [2.05, 4.69) is 0 Å². The molecule has 3 nitrogen and oxygen atoms in total. The monoisotopic (exact) mass is 239 g/mol. The summed E-state index contributed by atoms with van der Waals surface area (Å²) in [7, 11) is 1.60. The summed E-state index contributed by atoms with van der Waals surface area (Å²) in [6, 6.07) is 7.39. The van der Waals surface area contributed by atoms with Crippen molar-refractivity contribution in [3.05, 3.63) is 33.6 Å². The van der Waals surface area contributed by atoms with Crippen molar-refractivity contribution in [2.24, 2.45) is 0 Å². The normalized spacial score (nSPS) is 10.2. The average Bonchev–Trinajstić information content (AvgIpc) is 2.59. The van der Waals surface area contributed by atoms with E-state index in [-0.39, 0.29) is 5.88 Å². The van der Waals surface area contributed by atoms with Gasteiger partial charge in [0.15, 0.2) is 3.95 Å². The van der Waals surface area contributed by atoms with Crippen LogP contribution in [-0.4, -0.2) is 16.8 Å². The summed E-state index contributed by atoms with van der Waals surface area (Å²) in [5.74, 6) is 0.887. The number of methoxy groups -OCH3 is 1. The Hall–Kier alpha value is -1.33. The maximum Gasteiger partial charge on any atom is 0.207 e. The third kappa shape index (κ3) is 1.88. The maximum atomic E-state index is 9.61. The van der Waals surface area contributed by atoms with Crippen LogP contribution in [0.3, 0.4) is 0 Å².